The molecule has 2 N–H and O–H groups in total. The molecular formula is C17H22N2O3S. The standard InChI is InChI=1S/C17H22N2O3S/c1-10(2)9-22-16(20)14-11(3)18-17(21)19-15(14)12-5-7-13(23-4)8-6-12/h5-8,10,15H,9H2,1-4H3,(H2,18,19,21)/t15-/m0/s1. The Kier molecular flexibility index (Phi) is 5.71. The Labute approximate surface area is 140 Å². The first kappa shape index (κ1) is 17.4. The van der Waals surface area contributed by atoms with E-state index in [4.69, 9.17) is 4.74 Å². The number of esters is 1. The number of amides is 2. The summed E-state index contributed by atoms with van der Waals surface area (Å²) < 4.78 is 5.35. The summed E-state index contributed by atoms with van der Waals surface area (Å²) in [7, 11) is 0. The Hall–Kier alpha value is -1.95. The van der Waals surface area contributed by atoms with Crippen LogP contribution in [-0.4, -0.2) is 24.9 Å². The molecule has 0 saturated heterocycles. The van der Waals surface area contributed by atoms with Crippen LogP contribution in [0, 0.1) is 5.92 Å². The van der Waals surface area contributed by atoms with Crippen LogP contribution in [0.3, 0.4) is 0 Å². The van der Waals surface area contributed by atoms with Gasteiger partial charge in [-0.3, -0.25) is 0 Å². The van der Waals surface area contributed by atoms with Crippen molar-refractivity contribution in [2.75, 3.05) is 12.9 Å². The second-order valence-corrected chi connectivity index (χ2v) is 6.72. The summed E-state index contributed by atoms with van der Waals surface area (Å²) >= 11 is 1.64. The molecule has 1 atom stereocenters. The van der Waals surface area contributed by atoms with Crippen molar-refractivity contribution >= 4 is 23.8 Å². The van der Waals surface area contributed by atoms with Crippen molar-refractivity contribution in [3.63, 3.8) is 0 Å². The third-order valence-corrected chi connectivity index (χ3v) is 4.23. The summed E-state index contributed by atoms with van der Waals surface area (Å²) in [4.78, 5) is 25.4. The number of benzene rings is 1. The summed E-state index contributed by atoms with van der Waals surface area (Å²) in [5, 5.41) is 5.45. The first-order valence-corrected chi connectivity index (χ1v) is 8.74. The topological polar surface area (TPSA) is 67.4 Å². The summed E-state index contributed by atoms with van der Waals surface area (Å²) in [6.45, 7) is 6.03. The fraction of sp³-hybridized carbons (Fsp3) is 0.412. The molecular weight excluding hydrogens is 312 g/mol. The van der Waals surface area contributed by atoms with Crippen molar-refractivity contribution in [3.8, 4) is 0 Å². The van der Waals surface area contributed by atoms with Crippen LogP contribution in [0.25, 0.3) is 0 Å². The van der Waals surface area contributed by atoms with Gasteiger partial charge in [0.1, 0.15) is 0 Å². The quantitative estimate of drug-likeness (QED) is 0.641. The first-order valence-electron chi connectivity index (χ1n) is 7.51. The number of ether oxygens (including phenoxy) is 1. The SMILES string of the molecule is CSc1ccc([C@@H]2NC(=O)NC(C)=C2C(=O)OCC(C)C)cc1. The van der Waals surface area contributed by atoms with Crippen LogP contribution in [0.15, 0.2) is 40.4 Å². The molecule has 0 aromatic heterocycles. The van der Waals surface area contributed by atoms with Gasteiger partial charge in [-0.15, -0.1) is 11.8 Å². The molecule has 0 saturated carbocycles. The van der Waals surface area contributed by atoms with Gasteiger partial charge >= 0.3 is 12.0 Å². The Morgan fingerprint density at radius 3 is 2.52 bits per heavy atom. The number of urea groups is 1. The van der Waals surface area contributed by atoms with Gasteiger partial charge in [-0.2, -0.15) is 0 Å². The third kappa shape index (κ3) is 4.28. The van der Waals surface area contributed by atoms with E-state index in [0.29, 0.717) is 17.9 Å². The zero-order chi connectivity index (χ0) is 17.0. The molecule has 1 aromatic carbocycles. The lowest BCUT2D eigenvalue weighted by Gasteiger charge is -2.28. The molecule has 1 aromatic rings. The molecule has 1 aliphatic rings. The van der Waals surface area contributed by atoms with E-state index in [1.165, 1.54) is 0 Å². The molecule has 2 amide bonds. The van der Waals surface area contributed by atoms with E-state index in [1.54, 1.807) is 18.7 Å². The highest BCUT2D eigenvalue weighted by Gasteiger charge is 2.32. The normalized spacial score (nSPS) is 17.8. The molecule has 0 fully saturated rings. The van der Waals surface area contributed by atoms with Gasteiger partial charge in [0.25, 0.3) is 0 Å². The van der Waals surface area contributed by atoms with Crippen molar-refractivity contribution in [3.05, 3.63) is 41.1 Å². The van der Waals surface area contributed by atoms with E-state index in [1.807, 2.05) is 44.4 Å². The van der Waals surface area contributed by atoms with Gasteiger partial charge in [0.05, 0.1) is 18.2 Å². The average molecular weight is 334 g/mol. The molecule has 6 heteroatoms. The fourth-order valence-corrected chi connectivity index (χ4v) is 2.74. The highest BCUT2D eigenvalue weighted by Crippen LogP contribution is 2.29. The third-order valence-electron chi connectivity index (χ3n) is 3.49. The van der Waals surface area contributed by atoms with Gasteiger partial charge in [0, 0.05) is 10.6 Å². The highest BCUT2D eigenvalue weighted by atomic mass is 32.2. The van der Waals surface area contributed by atoms with Crippen LogP contribution >= 0.6 is 11.8 Å². The van der Waals surface area contributed by atoms with E-state index < -0.39 is 12.0 Å². The molecule has 1 heterocycles. The smallest absolute Gasteiger partial charge is 0.338 e. The molecule has 0 radical (unpaired) electrons. The second-order valence-electron chi connectivity index (χ2n) is 5.84. The van der Waals surface area contributed by atoms with E-state index in [0.717, 1.165) is 10.5 Å². The molecule has 2 rings (SSSR count). The molecule has 0 aliphatic carbocycles. The molecule has 124 valence electrons. The number of allylic oxidation sites excluding steroid dienone is 1. The number of hydrogen-bond donors (Lipinski definition) is 2. The Morgan fingerprint density at radius 2 is 1.96 bits per heavy atom. The minimum atomic E-state index is -0.501. The largest absolute Gasteiger partial charge is 0.462 e. The lowest BCUT2D eigenvalue weighted by atomic mass is 9.95. The Morgan fingerprint density at radius 1 is 1.30 bits per heavy atom. The maximum absolute atomic E-state index is 12.5. The Bertz CT molecular complexity index is 623. The van der Waals surface area contributed by atoms with E-state index in [-0.39, 0.29) is 11.9 Å². The van der Waals surface area contributed by atoms with Gasteiger partial charge in [0.2, 0.25) is 0 Å². The zero-order valence-corrected chi connectivity index (χ0v) is 14.6. The van der Waals surface area contributed by atoms with E-state index in [2.05, 4.69) is 10.6 Å². The monoisotopic (exact) mass is 334 g/mol. The van der Waals surface area contributed by atoms with Crippen molar-refractivity contribution in [2.45, 2.75) is 31.7 Å². The fourth-order valence-electron chi connectivity index (χ4n) is 2.33. The average Bonchev–Trinajstić information content (AvgIpc) is 2.52. The number of carbonyl (C=O) groups is 2. The van der Waals surface area contributed by atoms with Crippen molar-refractivity contribution in [1.29, 1.82) is 0 Å². The van der Waals surface area contributed by atoms with Crippen molar-refractivity contribution in [2.24, 2.45) is 5.92 Å². The van der Waals surface area contributed by atoms with Crippen LogP contribution < -0.4 is 10.6 Å². The predicted octanol–water partition coefficient (Wildman–Crippen LogP) is 3.24. The van der Waals surface area contributed by atoms with Crippen LogP contribution in [-0.2, 0) is 9.53 Å². The number of nitrogens with one attached hydrogen (secondary N) is 2. The van der Waals surface area contributed by atoms with Gasteiger partial charge in [-0.05, 0) is 36.8 Å². The molecule has 0 unspecified atom stereocenters. The van der Waals surface area contributed by atoms with Crippen LogP contribution in [0.4, 0.5) is 4.79 Å². The zero-order valence-electron chi connectivity index (χ0n) is 13.8. The molecule has 1 aliphatic heterocycles. The number of thioether (sulfide) groups is 1. The van der Waals surface area contributed by atoms with Crippen molar-refractivity contribution < 1.29 is 14.3 Å². The summed E-state index contributed by atoms with van der Waals surface area (Å²) in [5.74, 6) is -0.145. The lowest BCUT2D eigenvalue weighted by molar-refractivity contribution is -0.140. The highest BCUT2D eigenvalue weighted by molar-refractivity contribution is 7.98. The maximum atomic E-state index is 12.5. The summed E-state index contributed by atoms with van der Waals surface area (Å²) in [6.07, 6.45) is 2.00. The van der Waals surface area contributed by atoms with Crippen LogP contribution in [0.5, 0.6) is 0 Å². The number of rotatable bonds is 5. The summed E-state index contributed by atoms with van der Waals surface area (Å²) in [5.41, 5.74) is 1.83. The second kappa shape index (κ2) is 7.55. The molecule has 0 spiro atoms. The van der Waals surface area contributed by atoms with Gasteiger partial charge < -0.3 is 15.4 Å². The lowest BCUT2D eigenvalue weighted by Crippen LogP contribution is -2.45. The molecule has 23 heavy (non-hydrogen) atoms. The summed E-state index contributed by atoms with van der Waals surface area (Å²) in [6, 6.07) is 6.97. The number of hydrogen-bond acceptors (Lipinski definition) is 4. The maximum Gasteiger partial charge on any atom is 0.338 e. The minimum Gasteiger partial charge on any atom is -0.462 e. The molecule has 0 bridgehead atoms. The molecule has 5 nitrogen and oxygen atoms in total. The van der Waals surface area contributed by atoms with Crippen molar-refractivity contribution in [1.82, 2.24) is 10.6 Å². The van der Waals surface area contributed by atoms with Gasteiger partial charge in [-0.25, -0.2) is 9.59 Å². The number of carbonyl (C=O) groups excluding carboxylic acids is 2. The van der Waals surface area contributed by atoms with Gasteiger partial charge in [-0.1, -0.05) is 26.0 Å². The van der Waals surface area contributed by atoms with Crippen LogP contribution in [0.1, 0.15) is 32.4 Å². The van der Waals surface area contributed by atoms with Gasteiger partial charge in [0.15, 0.2) is 0 Å². The van der Waals surface area contributed by atoms with E-state index >= 15 is 0 Å². The first-order chi connectivity index (χ1) is 10.9. The Balaban J connectivity index is 2.31. The minimum absolute atomic E-state index is 0.255. The van der Waals surface area contributed by atoms with Crippen LogP contribution in [0.2, 0.25) is 0 Å². The van der Waals surface area contributed by atoms with E-state index in [9.17, 15) is 9.59 Å². The predicted molar refractivity (Wildman–Crippen MR) is 91.1 cm³/mol.